The quantitative estimate of drug-likeness (QED) is 0.378. The maximum atomic E-state index is 5.68. The third-order valence-corrected chi connectivity index (χ3v) is 6.80. The van der Waals surface area contributed by atoms with E-state index in [1.165, 1.54) is 68.4 Å². The highest BCUT2D eigenvalue weighted by Crippen LogP contribution is 2.50. The molecular formula is C15H24NS2+. The smallest absolute Gasteiger partial charge is 0.138 e. The van der Waals surface area contributed by atoms with Crippen molar-refractivity contribution in [3.05, 3.63) is 11.3 Å². The van der Waals surface area contributed by atoms with E-state index in [0.29, 0.717) is 0 Å². The van der Waals surface area contributed by atoms with Crippen LogP contribution in [0.1, 0.15) is 64.2 Å². The fraction of sp³-hybridized carbons (Fsp3) is 0.800. The van der Waals surface area contributed by atoms with Crippen molar-refractivity contribution in [1.29, 1.82) is 0 Å². The summed E-state index contributed by atoms with van der Waals surface area (Å²) < 4.78 is 2.34. The van der Waals surface area contributed by atoms with Crippen molar-refractivity contribution in [2.75, 3.05) is 7.05 Å². The summed E-state index contributed by atoms with van der Waals surface area (Å²) in [4.78, 5) is 0. The van der Waals surface area contributed by atoms with Crippen molar-refractivity contribution in [2.24, 2.45) is 0 Å². The Balaban J connectivity index is 1.91. The minimum atomic E-state index is 0.826. The van der Waals surface area contributed by atoms with Crippen molar-refractivity contribution < 1.29 is 3.89 Å². The lowest BCUT2D eigenvalue weighted by Gasteiger charge is -2.39. The first kappa shape index (κ1) is 13.1. The van der Waals surface area contributed by atoms with Crippen molar-refractivity contribution >= 4 is 28.4 Å². The van der Waals surface area contributed by atoms with Crippen LogP contribution >= 0.6 is 24.2 Å². The highest BCUT2D eigenvalue weighted by atomic mass is 32.2. The Morgan fingerprint density at radius 1 is 1.00 bits per heavy atom. The minimum Gasteiger partial charge on any atom is -0.228 e. The summed E-state index contributed by atoms with van der Waals surface area (Å²) in [5, 5.41) is 0. The number of quaternary nitrogens is 1. The lowest BCUT2D eigenvalue weighted by atomic mass is 9.93. The van der Waals surface area contributed by atoms with Crippen LogP contribution in [0.3, 0.4) is 0 Å². The van der Waals surface area contributed by atoms with Gasteiger partial charge < -0.3 is 0 Å². The number of allylic oxidation sites excluding steroid dienone is 1. The van der Waals surface area contributed by atoms with Gasteiger partial charge in [-0.2, -0.15) is 0 Å². The average Bonchev–Trinajstić information content (AvgIpc) is 2.60. The standard InChI is InChI=1S/C15H24NS2/c1-16(12-8-4-2-5-9-12)14-11-7-3-6-10-13(14)15(17)18-16/h12H,2-11H2,1H3/q+1/t16-/m1/s1. The van der Waals surface area contributed by atoms with Crippen molar-refractivity contribution in [3.63, 3.8) is 0 Å². The molecule has 1 saturated carbocycles. The summed E-state index contributed by atoms with van der Waals surface area (Å²) in [5.41, 5.74) is 3.27. The molecule has 0 aromatic rings. The molecule has 2 aliphatic carbocycles. The van der Waals surface area contributed by atoms with Gasteiger partial charge in [-0.3, -0.25) is 0 Å². The minimum absolute atomic E-state index is 0.826. The fourth-order valence-electron chi connectivity index (χ4n) is 3.93. The Morgan fingerprint density at radius 3 is 2.44 bits per heavy atom. The molecule has 100 valence electrons. The Labute approximate surface area is 121 Å². The van der Waals surface area contributed by atoms with E-state index in [4.69, 9.17) is 12.2 Å². The molecule has 3 aliphatic rings. The van der Waals surface area contributed by atoms with Crippen LogP contribution in [0.15, 0.2) is 11.3 Å². The van der Waals surface area contributed by atoms with E-state index >= 15 is 0 Å². The van der Waals surface area contributed by atoms with Crippen LogP contribution in [0, 0.1) is 0 Å². The van der Waals surface area contributed by atoms with Gasteiger partial charge in [-0.25, -0.2) is 3.89 Å². The summed E-state index contributed by atoms with van der Waals surface area (Å²) in [5.74, 6) is 0. The SMILES string of the molecule is C[N@+]1(C2CCCCC2)SC(=S)C2=C1CCCCC2. The van der Waals surface area contributed by atoms with Gasteiger partial charge in [0.25, 0.3) is 0 Å². The highest BCUT2D eigenvalue weighted by Gasteiger charge is 2.47. The van der Waals surface area contributed by atoms with Crippen molar-refractivity contribution in [3.8, 4) is 0 Å². The van der Waals surface area contributed by atoms with E-state index in [2.05, 4.69) is 7.05 Å². The van der Waals surface area contributed by atoms with Crippen molar-refractivity contribution in [1.82, 2.24) is 0 Å². The molecular weight excluding hydrogens is 258 g/mol. The Kier molecular flexibility index (Phi) is 3.84. The first-order valence-corrected chi connectivity index (χ1v) is 8.73. The summed E-state index contributed by atoms with van der Waals surface area (Å²) in [6.07, 6.45) is 13.8. The maximum Gasteiger partial charge on any atom is 0.138 e. The van der Waals surface area contributed by atoms with Crippen LogP contribution < -0.4 is 0 Å². The number of thiocarbonyl (C=S) groups is 1. The molecule has 0 spiro atoms. The van der Waals surface area contributed by atoms with Gasteiger partial charge in [0.1, 0.15) is 27.9 Å². The Bertz CT molecular complexity index is 382. The van der Waals surface area contributed by atoms with Gasteiger partial charge in [0.15, 0.2) is 0 Å². The van der Waals surface area contributed by atoms with E-state index in [1.807, 2.05) is 11.9 Å². The molecule has 3 rings (SSSR count). The van der Waals surface area contributed by atoms with E-state index in [9.17, 15) is 0 Å². The van der Waals surface area contributed by atoms with Crippen LogP contribution in [0.5, 0.6) is 0 Å². The maximum absolute atomic E-state index is 5.68. The van der Waals surface area contributed by atoms with Gasteiger partial charge in [-0.05, 0) is 32.1 Å². The van der Waals surface area contributed by atoms with Crippen molar-refractivity contribution in [2.45, 2.75) is 70.3 Å². The number of rotatable bonds is 1. The number of hydrogen-bond donors (Lipinski definition) is 0. The first-order valence-electron chi connectivity index (χ1n) is 7.54. The van der Waals surface area contributed by atoms with Gasteiger partial charge in [-0.1, -0.05) is 25.1 Å². The first-order chi connectivity index (χ1) is 8.72. The van der Waals surface area contributed by atoms with Crippen LogP contribution in [0.4, 0.5) is 0 Å². The molecule has 0 radical (unpaired) electrons. The number of hydrogen-bond acceptors (Lipinski definition) is 2. The zero-order valence-corrected chi connectivity index (χ0v) is 13.0. The normalized spacial score (nSPS) is 34.6. The molecule has 0 aromatic carbocycles. The summed E-state index contributed by atoms with van der Waals surface area (Å²) >= 11 is 7.67. The molecule has 0 bridgehead atoms. The molecule has 3 heteroatoms. The van der Waals surface area contributed by atoms with Gasteiger partial charge in [0.05, 0.1) is 7.05 Å². The molecule has 0 amide bonds. The van der Waals surface area contributed by atoms with E-state index in [0.717, 1.165) is 9.93 Å². The van der Waals surface area contributed by atoms with Crippen LogP contribution in [-0.2, 0) is 0 Å². The Morgan fingerprint density at radius 2 is 1.67 bits per heavy atom. The second kappa shape index (κ2) is 5.26. The third-order valence-electron chi connectivity index (χ3n) is 5.02. The topological polar surface area (TPSA) is 0 Å². The molecule has 0 saturated heterocycles. The van der Waals surface area contributed by atoms with Gasteiger partial charge in [0, 0.05) is 24.8 Å². The molecule has 0 N–H and O–H groups in total. The van der Waals surface area contributed by atoms with Crippen LogP contribution in [0.25, 0.3) is 0 Å². The molecule has 1 fully saturated rings. The average molecular weight is 282 g/mol. The third kappa shape index (κ3) is 2.19. The predicted molar refractivity (Wildman–Crippen MR) is 83.4 cm³/mol. The summed E-state index contributed by atoms with van der Waals surface area (Å²) in [6, 6.07) is 0.826. The zero-order chi connectivity index (χ0) is 12.6. The number of nitrogens with zero attached hydrogens (tertiary/aromatic N) is 1. The molecule has 1 atom stereocenters. The van der Waals surface area contributed by atoms with Gasteiger partial charge in [0.2, 0.25) is 0 Å². The summed E-state index contributed by atoms with van der Waals surface area (Å²) in [7, 11) is 2.45. The summed E-state index contributed by atoms with van der Waals surface area (Å²) in [6.45, 7) is 0. The van der Waals surface area contributed by atoms with E-state index in [-0.39, 0.29) is 0 Å². The second-order valence-corrected chi connectivity index (χ2v) is 8.16. The molecule has 0 unspecified atom stereocenters. The van der Waals surface area contributed by atoms with Crippen LogP contribution in [-0.4, -0.2) is 21.2 Å². The molecule has 1 heterocycles. The van der Waals surface area contributed by atoms with E-state index in [1.54, 1.807) is 11.3 Å². The molecule has 1 aliphatic heterocycles. The monoisotopic (exact) mass is 282 g/mol. The molecule has 0 aromatic heterocycles. The highest BCUT2D eigenvalue weighted by molar-refractivity contribution is 8.20. The molecule has 18 heavy (non-hydrogen) atoms. The fourth-order valence-corrected chi connectivity index (χ4v) is 5.96. The Hall–Kier alpha value is 0.140. The van der Waals surface area contributed by atoms with E-state index < -0.39 is 0 Å². The second-order valence-electron chi connectivity index (χ2n) is 6.15. The zero-order valence-electron chi connectivity index (χ0n) is 11.4. The lowest BCUT2D eigenvalue weighted by Crippen LogP contribution is -2.44. The van der Waals surface area contributed by atoms with Gasteiger partial charge in [-0.15, -0.1) is 0 Å². The molecule has 1 nitrogen and oxygen atoms in total. The van der Waals surface area contributed by atoms with Crippen LogP contribution in [0.2, 0.25) is 0 Å². The lowest BCUT2D eigenvalue weighted by molar-refractivity contribution is -0.763. The van der Waals surface area contributed by atoms with Gasteiger partial charge >= 0.3 is 0 Å². The largest absolute Gasteiger partial charge is 0.228 e. The predicted octanol–water partition coefficient (Wildman–Crippen LogP) is 4.97.